The van der Waals surface area contributed by atoms with Crippen molar-refractivity contribution >= 4 is 31.6 Å². The van der Waals surface area contributed by atoms with Crippen LogP contribution in [-0.2, 0) is 4.57 Å². The molecule has 1 atom stereocenters. The summed E-state index contributed by atoms with van der Waals surface area (Å²) in [7, 11) is -1.77. The van der Waals surface area contributed by atoms with E-state index in [9.17, 15) is 4.57 Å². The molecule has 0 aliphatic carbocycles. The molecule has 2 nitrogen and oxygen atoms in total. The molecule has 3 rings (SSSR count). The molecule has 0 radical (unpaired) electrons. The first-order valence-electron chi connectivity index (χ1n) is 8.99. The van der Waals surface area contributed by atoms with E-state index < -0.39 is 7.14 Å². The summed E-state index contributed by atoms with van der Waals surface area (Å²) in [5.74, 6) is 0. The highest BCUT2D eigenvalue weighted by atomic mass is 31.2. The Bertz CT molecular complexity index is 779. The summed E-state index contributed by atoms with van der Waals surface area (Å²) in [6.07, 6.45) is 1.76. The van der Waals surface area contributed by atoms with E-state index in [1.165, 1.54) is 5.30 Å². The van der Waals surface area contributed by atoms with Crippen LogP contribution >= 0.6 is 15.7 Å². The van der Waals surface area contributed by atoms with Crippen LogP contribution in [0, 0.1) is 0 Å². The first-order chi connectivity index (χ1) is 12.8. The van der Waals surface area contributed by atoms with E-state index in [1.54, 1.807) is 0 Å². The van der Waals surface area contributed by atoms with Gasteiger partial charge in [0, 0.05) is 23.3 Å². The highest BCUT2D eigenvalue weighted by Gasteiger charge is 2.26. The Balaban J connectivity index is 1.56. The van der Waals surface area contributed by atoms with Crippen LogP contribution in [0.3, 0.4) is 0 Å². The summed E-state index contributed by atoms with van der Waals surface area (Å²) in [5, 5.41) is 6.77. The summed E-state index contributed by atoms with van der Waals surface area (Å²) in [6, 6.07) is 30.4. The van der Waals surface area contributed by atoms with E-state index in [1.807, 2.05) is 60.7 Å². The Labute approximate surface area is 158 Å². The van der Waals surface area contributed by atoms with Gasteiger partial charge in [0.05, 0.1) is 0 Å². The summed E-state index contributed by atoms with van der Waals surface area (Å²) < 4.78 is 13.8. The van der Waals surface area contributed by atoms with Gasteiger partial charge in [-0.2, -0.15) is 0 Å². The van der Waals surface area contributed by atoms with Crippen LogP contribution in [-0.4, -0.2) is 25.4 Å². The molecule has 0 heterocycles. The highest BCUT2D eigenvalue weighted by molar-refractivity contribution is 7.78. The van der Waals surface area contributed by atoms with Crippen molar-refractivity contribution in [3.05, 3.63) is 91.0 Å². The zero-order valence-electron chi connectivity index (χ0n) is 14.8. The van der Waals surface area contributed by atoms with Gasteiger partial charge in [-0.25, -0.2) is 0 Å². The molecule has 0 amide bonds. The Morgan fingerprint density at radius 1 is 0.692 bits per heavy atom. The van der Waals surface area contributed by atoms with Crippen molar-refractivity contribution in [2.45, 2.75) is 0 Å². The molecule has 0 aliphatic rings. The van der Waals surface area contributed by atoms with Gasteiger partial charge < -0.3 is 9.88 Å². The topological polar surface area (TPSA) is 29.1 Å². The standard InChI is InChI=1S/C22H25NOP2/c24-26(21-12-6-2-7-13-21,22-14-8-3-9-15-22)19-17-23-16-18-25-20-10-4-1-5-11-20/h1-15,23,25H,16-19H2. The first-order valence-corrected chi connectivity index (χ1v) is 12.1. The Hall–Kier alpha value is -1.72. The van der Waals surface area contributed by atoms with Crippen molar-refractivity contribution in [2.75, 3.05) is 25.4 Å². The molecule has 134 valence electrons. The molecule has 3 aromatic carbocycles. The maximum Gasteiger partial charge on any atom is 0.144 e. The largest absolute Gasteiger partial charge is 0.316 e. The van der Waals surface area contributed by atoms with Crippen LogP contribution < -0.4 is 21.2 Å². The number of benzene rings is 3. The minimum Gasteiger partial charge on any atom is -0.316 e. The molecule has 1 N–H and O–H groups in total. The van der Waals surface area contributed by atoms with Crippen molar-refractivity contribution in [1.82, 2.24) is 5.32 Å². The maximum absolute atomic E-state index is 13.8. The number of hydrogen-bond donors (Lipinski definition) is 1. The second-order valence-electron chi connectivity index (χ2n) is 6.18. The molecule has 0 aliphatic heterocycles. The molecule has 0 spiro atoms. The Kier molecular flexibility index (Phi) is 7.21. The van der Waals surface area contributed by atoms with Gasteiger partial charge in [0.15, 0.2) is 0 Å². The molecule has 26 heavy (non-hydrogen) atoms. The normalized spacial score (nSPS) is 11.8. The minimum absolute atomic E-state index is 0.648. The number of hydrogen-bond acceptors (Lipinski definition) is 2. The lowest BCUT2D eigenvalue weighted by Gasteiger charge is -2.19. The quantitative estimate of drug-likeness (QED) is 0.453. The second-order valence-corrected chi connectivity index (χ2v) is 10.6. The van der Waals surface area contributed by atoms with Crippen molar-refractivity contribution in [2.24, 2.45) is 0 Å². The van der Waals surface area contributed by atoms with Gasteiger partial charge in [-0.3, -0.25) is 0 Å². The average molecular weight is 381 g/mol. The summed E-state index contributed by atoms with van der Waals surface area (Å²) >= 11 is 0. The van der Waals surface area contributed by atoms with Gasteiger partial charge in [-0.15, -0.1) is 0 Å². The van der Waals surface area contributed by atoms with Crippen molar-refractivity contribution in [1.29, 1.82) is 0 Å². The molecular weight excluding hydrogens is 356 g/mol. The van der Waals surface area contributed by atoms with E-state index in [-0.39, 0.29) is 0 Å². The van der Waals surface area contributed by atoms with Crippen LogP contribution in [0.2, 0.25) is 0 Å². The fraction of sp³-hybridized carbons (Fsp3) is 0.182. The molecule has 1 unspecified atom stereocenters. The summed E-state index contributed by atoms with van der Waals surface area (Å²) in [5.41, 5.74) is 0. The third-order valence-electron chi connectivity index (χ3n) is 4.35. The van der Waals surface area contributed by atoms with Gasteiger partial charge in [0.2, 0.25) is 0 Å². The van der Waals surface area contributed by atoms with E-state index in [4.69, 9.17) is 0 Å². The van der Waals surface area contributed by atoms with E-state index in [0.717, 1.165) is 38.4 Å². The average Bonchev–Trinajstić information content (AvgIpc) is 2.72. The molecule has 0 saturated carbocycles. The summed E-state index contributed by atoms with van der Waals surface area (Å²) in [4.78, 5) is 0. The maximum atomic E-state index is 13.8. The monoisotopic (exact) mass is 381 g/mol. The lowest BCUT2D eigenvalue weighted by Crippen LogP contribution is -2.27. The Morgan fingerprint density at radius 2 is 1.19 bits per heavy atom. The Morgan fingerprint density at radius 3 is 1.73 bits per heavy atom. The zero-order valence-corrected chi connectivity index (χ0v) is 16.7. The molecule has 0 fully saturated rings. The van der Waals surface area contributed by atoms with Gasteiger partial charge in [-0.05, 0) is 18.0 Å². The van der Waals surface area contributed by atoms with Gasteiger partial charge in [0.25, 0.3) is 0 Å². The van der Waals surface area contributed by atoms with Crippen molar-refractivity contribution in [3.63, 3.8) is 0 Å². The molecule has 3 aromatic rings. The van der Waals surface area contributed by atoms with Crippen LogP contribution in [0.15, 0.2) is 91.0 Å². The van der Waals surface area contributed by atoms with Crippen molar-refractivity contribution in [3.8, 4) is 0 Å². The van der Waals surface area contributed by atoms with Gasteiger partial charge >= 0.3 is 0 Å². The van der Waals surface area contributed by atoms with Crippen LogP contribution in [0.1, 0.15) is 0 Å². The third kappa shape index (κ3) is 5.15. The molecule has 0 bridgehead atoms. The highest BCUT2D eigenvalue weighted by Crippen LogP contribution is 2.42. The van der Waals surface area contributed by atoms with Gasteiger partial charge in [-0.1, -0.05) is 99.6 Å². The molecular formula is C22H25NOP2. The van der Waals surface area contributed by atoms with Crippen molar-refractivity contribution < 1.29 is 4.57 Å². The first kappa shape index (κ1) is 19.1. The summed E-state index contributed by atoms with van der Waals surface area (Å²) in [6.45, 7) is 1.72. The fourth-order valence-electron chi connectivity index (χ4n) is 2.96. The molecule has 4 heteroatoms. The molecule has 0 saturated heterocycles. The molecule has 0 aromatic heterocycles. The van der Waals surface area contributed by atoms with Gasteiger partial charge in [0.1, 0.15) is 7.14 Å². The SMILES string of the molecule is O=P(CCNCCPc1ccccc1)(c1ccccc1)c1ccccc1. The van der Waals surface area contributed by atoms with Crippen LogP contribution in [0.4, 0.5) is 0 Å². The minimum atomic E-state index is -2.59. The van der Waals surface area contributed by atoms with E-state index >= 15 is 0 Å². The van der Waals surface area contributed by atoms with Crippen LogP contribution in [0.25, 0.3) is 0 Å². The lowest BCUT2D eigenvalue weighted by atomic mass is 10.4. The predicted molar refractivity (Wildman–Crippen MR) is 117 cm³/mol. The van der Waals surface area contributed by atoms with E-state index in [2.05, 4.69) is 35.6 Å². The fourth-order valence-corrected chi connectivity index (χ4v) is 6.57. The third-order valence-corrected chi connectivity index (χ3v) is 8.71. The number of rotatable bonds is 9. The zero-order chi connectivity index (χ0) is 18.1. The second kappa shape index (κ2) is 9.83. The lowest BCUT2D eigenvalue weighted by molar-refractivity contribution is 0.584. The van der Waals surface area contributed by atoms with Crippen LogP contribution in [0.5, 0.6) is 0 Å². The number of nitrogens with one attached hydrogen (secondary N) is 1. The van der Waals surface area contributed by atoms with E-state index in [0.29, 0.717) is 6.16 Å². The smallest absolute Gasteiger partial charge is 0.144 e. The predicted octanol–water partition coefficient (Wildman–Crippen LogP) is 3.59.